The number of carbonyl (C=O) groups is 1. The van der Waals surface area contributed by atoms with Gasteiger partial charge in [-0.1, -0.05) is 0 Å². The zero-order valence-corrected chi connectivity index (χ0v) is 7.91. The number of pyridine rings is 1. The predicted molar refractivity (Wildman–Crippen MR) is 47.4 cm³/mol. The number of aryl methyl sites for hydroxylation is 1. The summed E-state index contributed by atoms with van der Waals surface area (Å²) < 4.78 is 28.2. The number of ether oxygens (including phenoxy) is 1. The van der Waals surface area contributed by atoms with Gasteiger partial charge in [-0.05, 0) is 12.5 Å². The standard InChI is InChI=1S/C9H9F2NO3/c1-5-2-8(15-4-7(10)11)12-3-6(5)9(13)14/h2-3,7H,4H2,1H3,(H,13,14). The SMILES string of the molecule is Cc1cc(OCC(F)F)ncc1C(=O)O. The molecule has 6 heteroatoms. The zero-order valence-electron chi connectivity index (χ0n) is 7.91. The summed E-state index contributed by atoms with van der Waals surface area (Å²) in [4.78, 5) is 14.2. The third kappa shape index (κ3) is 3.16. The fourth-order valence-corrected chi connectivity index (χ4v) is 0.981. The number of alkyl halides is 2. The summed E-state index contributed by atoms with van der Waals surface area (Å²) in [5.74, 6) is -1.11. The second-order valence-corrected chi connectivity index (χ2v) is 2.84. The van der Waals surface area contributed by atoms with Crippen LogP contribution >= 0.6 is 0 Å². The van der Waals surface area contributed by atoms with Crippen molar-refractivity contribution in [2.45, 2.75) is 13.3 Å². The van der Waals surface area contributed by atoms with E-state index in [2.05, 4.69) is 9.72 Å². The maximum Gasteiger partial charge on any atom is 0.337 e. The summed E-state index contributed by atoms with van der Waals surface area (Å²) in [5, 5.41) is 8.67. The van der Waals surface area contributed by atoms with Gasteiger partial charge in [-0.3, -0.25) is 0 Å². The normalized spacial score (nSPS) is 10.4. The lowest BCUT2D eigenvalue weighted by molar-refractivity contribution is 0.0692. The lowest BCUT2D eigenvalue weighted by Crippen LogP contribution is -2.09. The Hall–Kier alpha value is -1.72. The molecule has 0 saturated carbocycles. The average molecular weight is 217 g/mol. The smallest absolute Gasteiger partial charge is 0.337 e. The minimum absolute atomic E-state index is 0.00204. The van der Waals surface area contributed by atoms with E-state index in [-0.39, 0.29) is 11.4 Å². The fourth-order valence-electron chi connectivity index (χ4n) is 0.981. The number of rotatable bonds is 4. The van der Waals surface area contributed by atoms with E-state index in [0.29, 0.717) is 5.56 Å². The maximum atomic E-state index is 11.8. The van der Waals surface area contributed by atoms with Gasteiger partial charge in [-0.25, -0.2) is 18.6 Å². The Morgan fingerprint density at radius 3 is 2.80 bits per heavy atom. The van der Waals surface area contributed by atoms with E-state index >= 15 is 0 Å². The summed E-state index contributed by atoms with van der Waals surface area (Å²) >= 11 is 0. The van der Waals surface area contributed by atoms with Crippen molar-refractivity contribution in [1.29, 1.82) is 0 Å². The average Bonchev–Trinajstić information content (AvgIpc) is 2.14. The molecule has 1 aromatic rings. The van der Waals surface area contributed by atoms with E-state index in [1.165, 1.54) is 6.07 Å². The van der Waals surface area contributed by atoms with E-state index in [1.807, 2.05) is 0 Å². The van der Waals surface area contributed by atoms with E-state index < -0.39 is 19.0 Å². The summed E-state index contributed by atoms with van der Waals surface area (Å²) in [6.07, 6.45) is -1.50. The molecule has 0 radical (unpaired) electrons. The minimum atomic E-state index is -2.58. The summed E-state index contributed by atoms with van der Waals surface area (Å²) in [7, 11) is 0. The molecule has 0 aliphatic carbocycles. The Kier molecular flexibility index (Phi) is 3.54. The molecule has 4 nitrogen and oxygen atoms in total. The van der Waals surface area contributed by atoms with Crippen LogP contribution in [0, 0.1) is 6.92 Å². The summed E-state index contributed by atoms with van der Waals surface area (Å²) in [6, 6.07) is 1.31. The van der Waals surface area contributed by atoms with Gasteiger partial charge in [0.2, 0.25) is 5.88 Å². The Morgan fingerprint density at radius 1 is 1.67 bits per heavy atom. The summed E-state index contributed by atoms with van der Waals surface area (Å²) in [6.45, 7) is 0.791. The fraction of sp³-hybridized carbons (Fsp3) is 0.333. The van der Waals surface area contributed by atoms with E-state index in [1.54, 1.807) is 6.92 Å². The molecule has 0 atom stereocenters. The Bertz CT molecular complexity index is 368. The van der Waals surface area contributed by atoms with Gasteiger partial charge < -0.3 is 9.84 Å². The first-order valence-electron chi connectivity index (χ1n) is 4.11. The van der Waals surface area contributed by atoms with E-state index in [4.69, 9.17) is 5.11 Å². The highest BCUT2D eigenvalue weighted by Gasteiger charge is 2.10. The third-order valence-corrected chi connectivity index (χ3v) is 1.67. The first-order chi connectivity index (χ1) is 7.00. The molecular weight excluding hydrogens is 208 g/mol. The van der Waals surface area contributed by atoms with Gasteiger partial charge in [-0.15, -0.1) is 0 Å². The quantitative estimate of drug-likeness (QED) is 0.834. The Balaban J connectivity index is 2.78. The van der Waals surface area contributed by atoms with Gasteiger partial charge in [0.15, 0.2) is 6.61 Å². The van der Waals surface area contributed by atoms with Crippen LogP contribution in [-0.2, 0) is 0 Å². The molecule has 0 saturated heterocycles. The van der Waals surface area contributed by atoms with Crippen molar-refractivity contribution >= 4 is 5.97 Å². The van der Waals surface area contributed by atoms with E-state index in [0.717, 1.165) is 6.20 Å². The highest BCUT2D eigenvalue weighted by atomic mass is 19.3. The monoisotopic (exact) mass is 217 g/mol. The van der Waals surface area contributed by atoms with Crippen LogP contribution in [0.2, 0.25) is 0 Å². The van der Waals surface area contributed by atoms with Crippen LogP contribution in [0.1, 0.15) is 15.9 Å². The van der Waals surface area contributed by atoms with Crippen molar-refractivity contribution in [1.82, 2.24) is 4.98 Å². The minimum Gasteiger partial charge on any atom is -0.478 e. The largest absolute Gasteiger partial charge is 0.478 e. The van der Waals surface area contributed by atoms with E-state index in [9.17, 15) is 13.6 Å². The number of carboxylic acids is 1. The number of nitrogens with zero attached hydrogens (tertiary/aromatic N) is 1. The molecule has 1 N–H and O–H groups in total. The Morgan fingerprint density at radius 2 is 2.33 bits per heavy atom. The number of hydrogen-bond donors (Lipinski definition) is 1. The molecule has 0 aromatic carbocycles. The molecule has 0 fully saturated rings. The van der Waals surface area contributed by atoms with Gasteiger partial charge in [-0.2, -0.15) is 0 Å². The van der Waals surface area contributed by atoms with Gasteiger partial charge in [0, 0.05) is 12.3 Å². The van der Waals surface area contributed by atoms with Crippen molar-refractivity contribution < 1.29 is 23.4 Å². The zero-order chi connectivity index (χ0) is 11.4. The van der Waals surface area contributed by atoms with Crippen molar-refractivity contribution in [3.05, 3.63) is 23.4 Å². The lowest BCUT2D eigenvalue weighted by atomic mass is 10.2. The first-order valence-corrected chi connectivity index (χ1v) is 4.11. The maximum absolute atomic E-state index is 11.8. The number of halogens is 2. The molecule has 15 heavy (non-hydrogen) atoms. The molecule has 1 aromatic heterocycles. The molecule has 0 spiro atoms. The number of aromatic nitrogens is 1. The van der Waals surface area contributed by atoms with Crippen molar-refractivity contribution in [2.24, 2.45) is 0 Å². The van der Waals surface area contributed by atoms with Crippen LogP contribution in [0.5, 0.6) is 5.88 Å². The van der Waals surface area contributed by atoms with Crippen LogP contribution in [0.4, 0.5) is 8.78 Å². The topological polar surface area (TPSA) is 59.4 Å². The molecule has 0 bridgehead atoms. The first kappa shape index (κ1) is 11.4. The van der Waals surface area contributed by atoms with Gasteiger partial charge >= 0.3 is 5.97 Å². The number of aromatic carboxylic acids is 1. The van der Waals surface area contributed by atoms with Crippen LogP contribution in [0.25, 0.3) is 0 Å². The Labute approximate surface area is 84.5 Å². The molecular formula is C9H9F2NO3. The molecule has 0 aliphatic rings. The third-order valence-electron chi connectivity index (χ3n) is 1.67. The molecule has 0 amide bonds. The highest BCUT2D eigenvalue weighted by Crippen LogP contribution is 2.14. The predicted octanol–water partition coefficient (Wildman–Crippen LogP) is 1.73. The summed E-state index contributed by atoms with van der Waals surface area (Å²) in [5.41, 5.74) is 0.446. The van der Waals surface area contributed by atoms with Crippen LogP contribution in [-0.4, -0.2) is 29.1 Å². The molecule has 1 heterocycles. The van der Waals surface area contributed by atoms with Crippen molar-refractivity contribution in [3.63, 3.8) is 0 Å². The lowest BCUT2D eigenvalue weighted by Gasteiger charge is -2.06. The van der Waals surface area contributed by atoms with Crippen LogP contribution in [0.3, 0.4) is 0 Å². The second-order valence-electron chi connectivity index (χ2n) is 2.84. The van der Waals surface area contributed by atoms with Gasteiger partial charge in [0.1, 0.15) is 0 Å². The molecule has 82 valence electrons. The van der Waals surface area contributed by atoms with Gasteiger partial charge in [0.25, 0.3) is 6.43 Å². The van der Waals surface area contributed by atoms with Crippen molar-refractivity contribution in [3.8, 4) is 5.88 Å². The second kappa shape index (κ2) is 4.68. The molecule has 0 unspecified atom stereocenters. The number of carboxylic acid groups (broad SMARTS) is 1. The molecule has 0 aliphatic heterocycles. The highest BCUT2D eigenvalue weighted by molar-refractivity contribution is 5.88. The van der Waals surface area contributed by atoms with Crippen LogP contribution in [0.15, 0.2) is 12.3 Å². The van der Waals surface area contributed by atoms with Crippen LogP contribution < -0.4 is 4.74 Å². The molecule has 1 rings (SSSR count). The van der Waals surface area contributed by atoms with Crippen molar-refractivity contribution in [2.75, 3.05) is 6.61 Å². The van der Waals surface area contributed by atoms with Gasteiger partial charge in [0.05, 0.1) is 5.56 Å². The number of hydrogen-bond acceptors (Lipinski definition) is 3.